The molecule has 0 bridgehead atoms. The summed E-state index contributed by atoms with van der Waals surface area (Å²) in [4.78, 5) is 24.5. The highest BCUT2D eigenvalue weighted by atomic mass is 16.5. The zero-order valence-electron chi connectivity index (χ0n) is 16.7. The molecule has 150 valence electrons. The average Bonchev–Trinajstić information content (AvgIpc) is 2.71. The van der Waals surface area contributed by atoms with E-state index in [9.17, 15) is 9.59 Å². The third-order valence-electron chi connectivity index (χ3n) is 4.19. The number of carbonyl (C=O) groups excluding carboxylic acids is 2. The molecule has 0 unspecified atom stereocenters. The summed E-state index contributed by atoms with van der Waals surface area (Å²) in [7, 11) is 1.64. The van der Waals surface area contributed by atoms with Crippen LogP contribution in [0.4, 0.5) is 5.69 Å². The Labute approximate surface area is 166 Å². The molecule has 6 heteroatoms. The number of benzene rings is 2. The van der Waals surface area contributed by atoms with Crippen molar-refractivity contribution in [3.8, 4) is 5.75 Å². The Kier molecular flexibility index (Phi) is 8.34. The molecule has 28 heavy (non-hydrogen) atoms. The molecule has 0 aliphatic rings. The number of ether oxygens (including phenoxy) is 1. The molecule has 2 aromatic carbocycles. The second-order valence-electron chi connectivity index (χ2n) is 6.91. The second-order valence-corrected chi connectivity index (χ2v) is 6.91. The maximum Gasteiger partial charge on any atom is 0.253 e. The highest BCUT2D eigenvalue weighted by Crippen LogP contribution is 2.17. The van der Waals surface area contributed by atoms with Gasteiger partial charge in [-0.2, -0.15) is 0 Å². The third-order valence-corrected chi connectivity index (χ3v) is 4.19. The highest BCUT2D eigenvalue weighted by molar-refractivity contribution is 6.00. The lowest BCUT2D eigenvalue weighted by atomic mass is 10.1. The molecule has 0 spiro atoms. The maximum atomic E-state index is 12.3. The van der Waals surface area contributed by atoms with E-state index in [1.165, 1.54) is 0 Å². The lowest BCUT2D eigenvalue weighted by Crippen LogP contribution is -2.32. The van der Waals surface area contributed by atoms with Crippen LogP contribution in [0.5, 0.6) is 5.75 Å². The van der Waals surface area contributed by atoms with E-state index in [1.807, 2.05) is 50.2 Å². The SMILES string of the molecule is COc1ccccc1CCNC(=O)CNc1ccccc1C(=O)NCC(C)C. The minimum atomic E-state index is -0.145. The van der Waals surface area contributed by atoms with Crippen LogP contribution in [-0.4, -0.2) is 38.6 Å². The molecule has 0 aromatic heterocycles. The molecule has 2 amide bonds. The normalized spacial score (nSPS) is 10.4. The number of nitrogens with one attached hydrogen (secondary N) is 3. The smallest absolute Gasteiger partial charge is 0.253 e. The molecule has 0 aliphatic carbocycles. The van der Waals surface area contributed by atoms with Crippen LogP contribution < -0.4 is 20.7 Å². The van der Waals surface area contributed by atoms with E-state index in [2.05, 4.69) is 16.0 Å². The van der Waals surface area contributed by atoms with Gasteiger partial charge in [-0.1, -0.05) is 44.2 Å². The molecule has 2 rings (SSSR count). The minimum Gasteiger partial charge on any atom is -0.496 e. The standard InChI is InChI=1S/C22H29N3O3/c1-16(2)14-25-22(27)18-9-5-6-10-19(18)24-15-21(26)23-13-12-17-8-4-7-11-20(17)28-3/h4-11,16,24H,12-15H2,1-3H3,(H,23,26)(H,25,27). The minimum absolute atomic E-state index is 0.0976. The predicted octanol–water partition coefficient (Wildman–Crippen LogP) is 2.85. The van der Waals surface area contributed by atoms with Gasteiger partial charge in [0.05, 0.1) is 19.2 Å². The van der Waals surface area contributed by atoms with Gasteiger partial charge in [-0.3, -0.25) is 9.59 Å². The molecule has 6 nitrogen and oxygen atoms in total. The molecule has 0 atom stereocenters. The molecular weight excluding hydrogens is 354 g/mol. The fourth-order valence-electron chi connectivity index (χ4n) is 2.71. The number of hydrogen-bond acceptors (Lipinski definition) is 4. The number of methoxy groups -OCH3 is 1. The lowest BCUT2D eigenvalue weighted by Gasteiger charge is -2.13. The molecule has 0 radical (unpaired) electrons. The molecule has 0 saturated heterocycles. The number of hydrogen-bond donors (Lipinski definition) is 3. The van der Waals surface area contributed by atoms with E-state index in [1.54, 1.807) is 19.2 Å². The van der Waals surface area contributed by atoms with E-state index in [4.69, 9.17) is 4.74 Å². The number of anilines is 1. The van der Waals surface area contributed by atoms with Crippen LogP contribution in [-0.2, 0) is 11.2 Å². The predicted molar refractivity (Wildman–Crippen MR) is 112 cm³/mol. The molecular formula is C22H29N3O3. The van der Waals surface area contributed by atoms with Crippen LogP contribution in [0.25, 0.3) is 0 Å². The van der Waals surface area contributed by atoms with Gasteiger partial charge < -0.3 is 20.7 Å². The number of amides is 2. The Morgan fingerprint density at radius 3 is 2.46 bits per heavy atom. The average molecular weight is 383 g/mol. The lowest BCUT2D eigenvalue weighted by molar-refractivity contribution is -0.119. The summed E-state index contributed by atoms with van der Waals surface area (Å²) in [6.07, 6.45) is 0.684. The number of para-hydroxylation sites is 2. The van der Waals surface area contributed by atoms with Crippen molar-refractivity contribution < 1.29 is 14.3 Å². The first-order chi connectivity index (χ1) is 13.5. The molecule has 0 aliphatic heterocycles. The Bertz CT molecular complexity index is 790. The molecule has 0 fully saturated rings. The Hall–Kier alpha value is -3.02. The van der Waals surface area contributed by atoms with Crippen LogP contribution in [0, 0.1) is 5.92 Å². The van der Waals surface area contributed by atoms with E-state index >= 15 is 0 Å². The first kappa shape index (κ1) is 21.3. The summed E-state index contributed by atoms with van der Waals surface area (Å²) >= 11 is 0. The second kappa shape index (κ2) is 11.0. The first-order valence-corrected chi connectivity index (χ1v) is 9.51. The Balaban J connectivity index is 1.83. The van der Waals surface area contributed by atoms with Crippen molar-refractivity contribution >= 4 is 17.5 Å². The van der Waals surface area contributed by atoms with Gasteiger partial charge in [0.1, 0.15) is 5.75 Å². The zero-order chi connectivity index (χ0) is 20.4. The van der Waals surface area contributed by atoms with Gasteiger partial charge in [-0.15, -0.1) is 0 Å². The van der Waals surface area contributed by atoms with Crippen LogP contribution in [0.3, 0.4) is 0 Å². The topological polar surface area (TPSA) is 79.5 Å². The van der Waals surface area contributed by atoms with E-state index in [0.29, 0.717) is 36.7 Å². The van der Waals surface area contributed by atoms with Crippen molar-refractivity contribution in [2.24, 2.45) is 5.92 Å². The van der Waals surface area contributed by atoms with Crippen molar-refractivity contribution in [3.63, 3.8) is 0 Å². The van der Waals surface area contributed by atoms with E-state index in [-0.39, 0.29) is 18.4 Å². The fraction of sp³-hybridized carbons (Fsp3) is 0.364. The Morgan fingerprint density at radius 1 is 1.00 bits per heavy atom. The molecule has 0 saturated carbocycles. The number of rotatable bonds is 10. The monoisotopic (exact) mass is 383 g/mol. The van der Waals surface area contributed by atoms with Crippen molar-refractivity contribution in [2.45, 2.75) is 20.3 Å². The van der Waals surface area contributed by atoms with Crippen LogP contribution in [0.1, 0.15) is 29.8 Å². The molecule has 2 aromatic rings. The van der Waals surface area contributed by atoms with Crippen molar-refractivity contribution in [3.05, 3.63) is 59.7 Å². The summed E-state index contributed by atoms with van der Waals surface area (Å²) < 4.78 is 5.32. The zero-order valence-corrected chi connectivity index (χ0v) is 16.7. The first-order valence-electron chi connectivity index (χ1n) is 9.51. The third kappa shape index (κ3) is 6.61. The Morgan fingerprint density at radius 2 is 1.71 bits per heavy atom. The summed E-state index contributed by atoms with van der Waals surface area (Å²) in [5, 5.41) is 8.84. The molecule has 0 heterocycles. The van der Waals surface area contributed by atoms with Crippen molar-refractivity contribution in [1.82, 2.24) is 10.6 Å². The number of carbonyl (C=O) groups is 2. The van der Waals surface area contributed by atoms with Crippen LogP contribution in [0.2, 0.25) is 0 Å². The van der Waals surface area contributed by atoms with Crippen molar-refractivity contribution in [1.29, 1.82) is 0 Å². The fourth-order valence-corrected chi connectivity index (χ4v) is 2.71. The highest BCUT2D eigenvalue weighted by Gasteiger charge is 2.12. The van der Waals surface area contributed by atoms with Gasteiger partial charge in [-0.05, 0) is 36.1 Å². The molecule has 3 N–H and O–H groups in total. The van der Waals surface area contributed by atoms with Gasteiger partial charge in [0.25, 0.3) is 5.91 Å². The van der Waals surface area contributed by atoms with Crippen LogP contribution in [0.15, 0.2) is 48.5 Å². The van der Waals surface area contributed by atoms with Crippen molar-refractivity contribution in [2.75, 3.05) is 32.1 Å². The van der Waals surface area contributed by atoms with Gasteiger partial charge in [0, 0.05) is 18.8 Å². The van der Waals surface area contributed by atoms with E-state index in [0.717, 1.165) is 11.3 Å². The quantitative estimate of drug-likeness (QED) is 0.589. The maximum absolute atomic E-state index is 12.3. The van der Waals surface area contributed by atoms with Gasteiger partial charge in [0.2, 0.25) is 5.91 Å². The van der Waals surface area contributed by atoms with Gasteiger partial charge >= 0.3 is 0 Å². The van der Waals surface area contributed by atoms with E-state index < -0.39 is 0 Å². The van der Waals surface area contributed by atoms with Gasteiger partial charge in [0.15, 0.2) is 0 Å². The largest absolute Gasteiger partial charge is 0.496 e. The summed E-state index contributed by atoms with van der Waals surface area (Å²) in [5.74, 6) is 0.912. The summed E-state index contributed by atoms with van der Waals surface area (Å²) in [5.41, 5.74) is 2.22. The van der Waals surface area contributed by atoms with Crippen LogP contribution >= 0.6 is 0 Å². The van der Waals surface area contributed by atoms with Gasteiger partial charge in [-0.25, -0.2) is 0 Å². The summed E-state index contributed by atoms with van der Waals surface area (Å²) in [6.45, 7) is 5.30. The summed E-state index contributed by atoms with van der Waals surface area (Å²) in [6, 6.07) is 14.9.